The van der Waals surface area contributed by atoms with E-state index >= 15 is 0 Å². The van der Waals surface area contributed by atoms with Crippen LogP contribution < -0.4 is 10.4 Å². The first-order chi connectivity index (χ1) is 9.33. The summed E-state index contributed by atoms with van der Waals surface area (Å²) in [7, 11) is 0. The number of rotatable bonds is 0. The van der Waals surface area contributed by atoms with E-state index in [-0.39, 0.29) is 0 Å². The van der Waals surface area contributed by atoms with Crippen LogP contribution in [0.15, 0.2) is 36.4 Å². The van der Waals surface area contributed by atoms with Gasteiger partial charge in [0.1, 0.15) is 0 Å². The van der Waals surface area contributed by atoms with Crippen molar-refractivity contribution in [3.05, 3.63) is 68.4 Å². The number of benzene rings is 2. The molecule has 0 N–H and O–H groups in total. The number of fused-ring (bicyclic) bond motifs is 4. The minimum Gasteiger partial charge on any atom is -0.0767 e. The third-order valence-corrected chi connectivity index (χ3v) is 4.54. The molecule has 2 aliphatic carbocycles. The Morgan fingerprint density at radius 1 is 0.842 bits per heavy atom. The first-order valence-electron chi connectivity index (χ1n) is 7.23. The molecule has 0 aliphatic heterocycles. The molecule has 0 amide bonds. The molecule has 1 atom stereocenters. The zero-order chi connectivity index (χ0) is 12.8. The molecule has 0 spiro atoms. The predicted octanol–water partition coefficient (Wildman–Crippen LogP) is 2.67. The highest BCUT2D eigenvalue weighted by Gasteiger charge is 2.14. The van der Waals surface area contributed by atoms with Crippen LogP contribution in [0, 0.1) is 16.4 Å². The maximum absolute atomic E-state index is 2.42. The van der Waals surface area contributed by atoms with Gasteiger partial charge in [-0.25, -0.2) is 0 Å². The minimum absolute atomic E-state index is 0.788. The van der Waals surface area contributed by atoms with E-state index in [1.807, 2.05) is 0 Å². The van der Waals surface area contributed by atoms with E-state index < -0.39 is 0 Å². The van der Waals surface area contributed by atoms with Gasteiger partial charge in [-0.2, -0.15) is 0 Å². The Hall–Kier alpha value is -1.82. The SMILES string of the molecule is CC1CC=c2ccc3c(c2C1)CC=c1ccccc1=3. The highest BCUT2D eigenvalue weighted by molar-refractivity contribution is 5.47. The molecule has 0 saturated carbocycles. The van der Waals surface area contributed by atoms with Gasteiger partial charge in [0.2, 0.25) is 0 Å². The molecule has 2 aromatic rings. The average molecular weight is 246 g/mol. The van der Waals surface area contributed by atoms with Crippen molar-refractivity contribution in [2.24, 2.45) is 5.92 Å². The maximum atomic E-state index is 2.42. The Kier molecular flexibility index (Phi) is 2.38. The van der Waals surface area contributed by atoms with Crippen molar-refractivity contribution in [3.8, 4) is 0 Å². The first kappa shape index (κ1) is 11.0. The van der Waals surface area contributed by atoms with Gasteiger partial charge in [-0.3, -0.25) is 0 Å². The molecule has 0 radical (unpaired) electrons. The molecule has 0 nitrogen and oxygen atoms in total. The molecule has 94 valence electrons. The van der Waals surface area contributed by atoms with Crippen molar-refractivity contribution in [2.75, 3.05) is 0 Å². The van der Waals surface area contributed by atoms with E-state index in [2.05, 4.69) is 55.5 Å². The van der Waals surface area contributed by atoms with Crippen LogP contribution in [-0.2, 0) is 12.8 Å². The smallest absolute Gasteiger partial charge is 0.00791 e. The largest absolute Gasteiger partial charge is 0.0767 e. The van der Waals surface area contributed by atoms with Gasteiger partial charge in [0.25, 0.3) is 0 Å². The van der Waals surface area contributed by atoms with Crippen LogP contribution >= 0.6 is 0 Å². The molecule has 0 saturated heterocycles. The molecule has 19 heavy (non-hydrogen) atoms. The highest BCUT2D eigenvalue weighted by atomic mass is 14.2. The van der Waals surface area contributed by atoms with Crippen molar-refractivity contribution in [1.82, 2.24) is 0 Å². The summed E-state index contributed by atoms with van der Waals surface area (Å²) >= 11 is 0. The van der Waals surface area contributed by atoms with Gasteiger partial charge < -0.3 is 0 Å². The zero-order valence-electron chi connectivity index (χ0n) is 11.3. The summed E-state index contributed by atoms with van der Waals surface area (Å²) in [4.78, 5) is 0. The van der Waals surface area contributed by atoms with Gasteiger partial charge in [0.15, 0.2) is 0 Å². The summed E-state index contributed by atoms with van der Waals surface area (Å²) in [6.45, 7) is 2.36. The van der Waals surface area contributed by atoms with Gasteiger partial charge in [-0.05, 0) is 57.2 Å². The summed E-state index contributed by atoms with van der Waals surface area (Å²) in [5.41, 5.74) is 3.17. The fourth-order valence-electron chi connectivity index (χ4n) is 3.52. The van der Waals surface area contributed by atoms with Gasteiger partial charge in [0.05, 0.1) is 0 Å². The van der Waals surface area contributed by atoms with Gasteiger partial charge >= 0.3 is 0 Å². The van der Waals surface area contributed by atoms with Crippen LogP contribution in [0.2, 0.25) is 0 Å². The number of hydrogen-bond donors (Lipinski definition) is 0. The molecule has 0 fully saturated rings. The van der Waals surface area contributed by atoms with E-state index in [4.69, 9.17) is 0 Å². The van der Waals surface area contributed by atoms with Gasteiger partial charge in [-0.1, -0.05) is 55.5 Å². The lowest BCUT2D eigenvalue weighted by Gasteiger charge is -2.20. The molecule has 4 rings (SSSR count). The standard InChI is InChI=1S/C19H18/c1-13-6-7-15-9-10-17-16-5-3-2-4-14(16)8-11-18(17)19(15)12-13/h2-5,7-10,13H,6,11-12H2,1H3. The second kappa shape index (κ2) is 4.09. The molecule has 0 bridgehead atoms. The van der Waals surface area contributed by atoms with Crippen LogP contribution in [0.5, 0.6) is 0 Å². The van der Waals surface area contributed by atoms with Crippen molar-refractivity contribution in [3.63, 3.8) is 0 Å². The molecule has 0 aromatic heterocycles. The molecular weight excluding hydrogens is 228 g/mol. The summed E-state index contributed by atoms with van der Waals surface area (Å²) in [5, 5.41) is 5.73. The van der Waals surface area contributed by atoms with E-state index in [0.29, 0.717) is 0 Å². The third-order valence-electron chi connectivity index (χ3n) is 4.54. The summed E-state index contributed by atoms with van der Waals surface area (Å²) in [6, 6.07) is 13.4. The van der Waals surface area contributed by atoms with Crippen LogP contribution in [0.3, 0.4) is 0 Å². The van der Waals surface area contributed by atoms with Gasteiger partial charge in [-0.15, -0.1) is 0 Å². The Morgan fingerprint density at radius 2 is 1.74 bits per heavy atom. The Labute approximate surface area is 113 Å². The number of hydrogen-bond acceptors (Lipinski definition) is 0. The zero-order valence-corrected chi connectivity index (χ0v) is 11.3. The summed E-state index contributed by atoms with van der Waals surface area (Å²) in [6.07, 6.45) is 8.37. The Balaban J connectivity index is 2.18. The molecular formula is C19H18. The molecule has 0 heterocycles. The molecule has 2 aliphatic rings. The van der Waals surface area contributed by atoms with E-state index in [1.54, 1.807) is 11.1 Å². The molecule has 2 aromatic carbocycles. The fourth-order valence-corrected chi connectivity index (χ4v) is 3.52. The monoisotopic (exact) mass is 246 g/mol. The molecule has 0 heteroatoms. The topological polar surface area (TPSA) is 0 Å². The van der Waals surface area contributed by atoms with Crippen LogP contribution in [0.1, 0.15) is 24.5 Å². The van der Waals surface area contributed by atoms with E-state index in [9.17, 15) is 0 Å². The quantitative estimate of drug-likeness (QED) is 0.670. The normalized spacial score (nSPS) is 19.5. The second-order valence-corrected chi connectivity index (χ2v) is 5.90. The Morgan fingerprint density at radius 3 is 2.68 bits per heavy atom. The van der Waals surface area contributed by atoms with Crippen molar-refractivity contribution >= 4 is 12.2 Å². The second-order valence-electron chi connectivity index (χ2n) is 5.90. The first-order valence-corrected chi connectivity index (χ1v) is 7.23. The lowest BCUT2D eigenvalue weighted by molar-refractivity contribution is 0.587. The highest BCUT2D eigenvalue weighted by Crippen LogP contribution is 2.20. The van der Waals surface area contributed by atoms with Crippen LogP contribution in [0.4, 0.5) is 0 Å². The minimum atomic E-state index is 0.788. The predicted molar refractivity (Wildman–Crippen MR) is 79.9 cm³/mol. The van der Waals surface area contributed by atoms with E-state index in [0.717, 1.165) is 12.3 Å². The Bertz CT molecular complexity index is 856. The van der Waals surface area contributed by atoms with E-state index in [1.165, 1.54) is 33.7 Å². The molecule has 1 unspecified atom stereocenters. The van der Waals surface area contributed by atoms with Gasteiger partial charge in [0, 0.05) is 0 Å². The summed E-state index contributed by atoms with van der Waals surface area (Å²) in [5.74, 6) is 0.788. The average Bonchev–Trinajstić information content (AvgIpc) is 2.46. The van der Waals surface area contributed by atoms with Crippen LogP contribution in [-0.4, -0.2) is 0 Å². The van der Waals surface area contributed by atoms with Crippen molar-refractivity contribution in [1.29, 1.82) is 0 Å². The van der Waals surface area contributed by atoms with Crippen LogP contribution in [0.25, 0.3) is 12.2 Å². The third kappa shape index (κ3) is 1.67. The van der Waals surface area contributed by atoms with Crippen molar-refractivity contribution < 1.29 is 0 Å². The maximum Gasteiger partial charge on any atom is -0.00791 e. The van der Waals surface area contributed by atoms with Crippen molar-refractivity contribution in [2.45, 2.75) is 26.2 Å². The lowest BCUT2D eigenvalue weighted by atomic mass is 9.85. The fraction of sp³-hybridized carbons (Fsp3) is 0.263. The summed E-state index contributed by atoms with van der Waals surface area (Å²) < 4.78 is 0. The lowest BCUT2D eigenvalue weighted by Crippen LogP contribution is -2.22.